The molecule has 9 nitrogen and oxygen atoms in total. The van der Waals surface area contributed by atoms with Crippen LogP contribution in [0.25, 0.3) is 0 Å². The number of esters is 1. The molecule has 0 bridgehead atoms. The lowest BCUT2D eigenvalue weighted by atomic mass is 9.96. The summed E-state index contributed by atoms with van der Waals surface area (Å²) in [4.78, 5) is 11.9. The Morgan fingerprint density at radius 3 is 2.62 bits per heavy atom. The van der Waals surface area contributed by atoms with Crippen LogP contribution in [0, 0.1) is 0 Å². The molecule has 3 atom stereocenters. The third kappa shape index (κ3) is 3.37. The minimum Gasteiger partial charge on any atom is -0.507 e. The van der Waals surface area contributed by atoms with Crippen LogP contribution in [0.1, 0.15) is 34.7 Å². The summed E-state index contributed by atoms with van der Waals surface area (Å²) in [6.45, 7) is 1.58. The number of phenolic OH excluding ortho intramolecular Hbond substituents is 1. The molecule has 2 heterocycles. The molecule has 1 fully saturated rings. The second kappa shape index (κ2) is 6.38. The zero-order chi connectivity index (χ0) is 19.3. The van der Waals surface area contributed by atoms with Gasteiger partial charge in [-0.1, -0.05) is 0 Å². The van der Waals surface area contributed by atoms with Crippen LogP contribution in [0.3, 0.4) is 0 Å². The van der Waals surface area contributed by atoms with Crippen molar-refractivity contribution in [1.82, 2.24) is 0 Å². The Morgan fingerprint density at radius 1 is 1.35 bits per heavy atom. The molecular weight excluding hydrogens is 368 g/mol. The van der Waals surface area contributed by atoms with Crippen molar-refractivity contribution in [2.45, 2.75) is 31.3 Å². The average Bonchev–Trinajstić information content (AvgIpc) is 3.09. The molecule has 0 amide bonds. The quantitative estimate of drug-likeness (QED) is 0.412. The second-order valence-corrected chi connectivity index (χ2v) is 8.07. The number of carbonyl (C=O) groups excluding carboxylic acids is 1. The maximum atomic E-state index is 11.9. The van der Waals surface area contributed by atoms with Crippen LogP contribution in [-0.2, 0) is 34.9 Å². The molecule has 10 heteroatoms. The first-order valence-corrected chi connectivity index (χ1v) is 9.60. The summed E-state index contributed by atoms with van der Waals surface area (Å²) >= 11 is 0. The van der Waals surface area contributed by atoms with Gasteiger partial charge < -0.3 is 24.1 Å². The fourth-order valence-corrected chi connectivity index (χ4v) is 3.41. The van der Waals surface area contributed by atoms with Gasteiger partial charge in [-0.15, -0.1) is 0 Å². The molecule has 2 aliphatic rings. The van der Waals surface area contributed by atoms with Gasteiger partial charge in [0.1, 0.15) is 17.1 Å². The van der Waals surface area contributed by atoms with E-state index in [0.29, 0.717) is 11.3 Å². The van der Waals surface area contributed by atoms with Gasteiger partial charge in [-0.3, -0.25) is 4.18 Å². The zero-order valence-electron chi connectivity index (χ0n) is 14.8. The van der Waals surface area contributed by atoms with Crippen LogP contribution in [0.5, 0.6) is 11.5 Å². The molecular formula is C16H20O9S. The Balaban J connectivity index is 1.86. The molecule has 1 aromatic rings. The Kier molecular flexibility index (Phi) is 4.63. The van der Waals surface area contributed by atoms with E-state index in [2.05, 4.69) is 0 Å². The molecule has 1 aromatic carbocycles. The first-order valence-electron chi connectivity index (χ1n) is 7.78. The van der Waals surface area contributed by atoms with E-state index in [0.717, 1.165) is 6.26 Å². The number of benzene rings is 1. The van der Waals surface area contributed by atoms with E-state index in [1.807, 2.05) is 0 Å². The number of hydrogen-bond donors (Lipinski definition) is 1. The van der Waals surface area contributed by atoms with Crippen molar-refractivity contribution < 1.29 is 41.4 Å². The fourth-order valence-electron chi connectivity index (χ4n) is 2.96. The van der Waals surface area contributed by atoms with Gasteiger partial charge >= 0.3 is 5.97 Å². The van der Waals surface area contributed by atoms with Gasteiger partial charge in [-0.05, 0) is 13.0 Å². The molecule has 1 saturated heterocycles. The zero-order valence-corrected chi connectivity index (χ0v) is 15.6. The molecule has 0 aliphatic carbocycles. The van der Waals surface area contributed by atoms with Crippen molar-refractivity contribution in [3.8, 4) is 11.5 Å². The van der Waals surface area contributed by atoms with Gasteiger partial charge in [0, 0.05) is 19.1 Å². The summed E-state index contributed by atoms with van der Waals surface area (Å²) in [6.07, 6.45) is -0.190. The molecule has 144 valence electrons. The van der Waals surface area contributed by atoms with Crippen LogP contribution in [0.15, 0.2) is 6.07 Å². The van der Waals surface area contributed by atoms with Gasteiger partial charge in [0.25, 0.3) is 10.1 Å². The molecule has 1 unspecified atom stereocenters. The average molecular weight is 388 g/mol. The van der Waals surface area contributed by atoms with Gasteiger partial charge in [0.15, 0.2) is 0 Å². The van der Waals surface area contributed by atoms with Crippen LogP contribution in [0.2, 0.25) is 0 Å². The van der Waals surface area contributed by atoms with Crippen molar-refractivity contribution in [1.29, 1.82) is 0 Å². The van der Waals surface area contributed by atoms with E-state index in [-0.39, 0.29) is 36.0 Å². The first kappa shape index (κ1) is 18.9. The van der Waals surface area contributed by atoms with Gasteiger partial charge in [-0.25, -0.2) is 4.79 Å². The van der Waals surface area contributed by atoms with Crippen LogP contribution >= 0.6 is 0 Å². The van der Waals surface area contributed by atoms with Crippen molar-refractivity contribution >= 4 is 16.1 Å². The number of ether oxygens (including phenoxy) is 4. The third-order valence-corrected chi connectivity index (χ3v) is 5.04. The number of hydrogen-bond acceptors (Lipinski definition) is 9. The maximum Gasteiger partial charge on any atom is 0.341 e. The van der Waals surface area contributed by atoms with Crippen LogP contribution in [-0.4, -0.2) is 58.3 Å². The number of cyclic esters (lactones) is 1. The topological polar surface area (TPSA) is 121 Å². The lowest BCUT2D eigenvalue weighted by molar-refractivity contribution is -0.0823. The standard InChI is InChI=1S/C16H20O9S/c1-16(7-23-26(4,19)20)11(25-16)6-8-10(21-2)5-9-12(13(8)17)15(22-3)24-14(9)18/h5,11,15,17H,6-7H2,1-4H3/t11-,15?,16+/m1/s1. The first-order chi connectivity index (χ1) is 12.1. The van der Waals surface area contributed by atoms with E-state index in [4.69, 9.17) is 23.1 Å². The Bertz CT molecular complexity index is 848. The number of phenols is 1. The monoisotopic (exact) mass is 388 g/mol. The third-order valence-electron chi connectivity index (χ3n) is 4.49. The maximum absolute atomic E-state index is 11.9. The van der Waals surface area contributed by atoms with E-state index in [1.165, 1.54) is 20.3 Å². The summed E-state index contributed by atoms with van der Waals surface area (Å²) in [6, 6.07) is 1.48. The second-order valence-electron chi connectivity index (χ2n) is 6.43. The lowest BCUT2D eigenvalue weighted by Gasteiger charge is -2.15. The Hall–Kier alpha value is -1.88. The van der Waals surface area contributed by atoms with Gasteiger partial charge in [0.05, 0.1) is 37.2 Å². The largest absolute Gasteiger partial charge is 0.507 e. The molecule has 1 N–H and O–H groups in total. The minimum absolute atomic E-state index is 0.132. The summed E-state index contributed by atoms with van der Waals surface area (Å²) in [5.41, 5.74) is 0.0320. The fraction of sp³-hybridized carbons (Fsp3) is 0.562. The predicted molar refractivity (Wildman–Crippen MR) is 87.6 cm³/mol. The van der Waals surface area contributed by atoms with Crippen molar-refractivity contribution in [3.05, 3.63) is 22.8 Å². The van der Waals surface area contributed by atoms with Crippen LogP contribution in [0.4, 0.5) is 0 Å². The summed E-state index contributed by atoms with van der Waals surface area (Å²) < 4.78 is 48.1. The molecule has 2 aliphatic heterocycles. The molecule has 26 heavy (non-hydrogen) atoms. The Labute approximate surface area is 150 Å². The highest BCUT2D eigenvalue weighted by Crippen LogP contribution is 2.47. The van der Waals surface area contributed by atoms with E-state index in [1.54, 1.807) is 6.92 Å². The number of methoxy groups -OCH3 is 2. The Morgan fingerprint density at radius 2 is 2.04 bits per heavy atom. The summed E-state index contributed by atoms with van der Waals surface area (Å²) in [5, 5.41) is 10.7. The number of carbonyl (C=O) groups is 1. The van der Waals surface area contributed by atoms with Crippen molar-refractivity contribution in [2.75, 3.05) is 27.1 Å². The summed E-state index contributed by atoms with van der Waals surface area (Å²) in [5.74, 6) is -0.475. The smallest absolute Gasteiger partial charge is 0.341 e. The van der Waals surface area contributed by atoms with E-state index < -0.39 is 28.0 Å². The highest BCUT2D eigenvalue weighted by molar-refractivity contribution is 7.85. The SMILES string of the molecule is COc1cc2c(c(O)c1C[C@H]1O[C@@]1(C)COS(C)(=O)=O)C(OC)OC2=O. The minimum atomic E-state index is -3.58. The molecule has 0 saturated carbocycles. The number of fused-ring (bicyclic) bond motifs is 1. The van der Waals surface area contributed by atoms with Crippen LogP contribution < -0.4 is 4.74 Å². The van der Waals surface area contributed by atoms with Crippen molar-refractivity contribution in [2.24, 2.45) is 0 Å². The normalized spacial score (nSPS) is 27.2. The molecule has 3 rings (SSSR count). The molecule has 0 aromatic heterocycles. The number of epoxide rings is 1. The highest BCUT2D eigenvalue weighted by atomic mass is 32.2. The van der Waals surface area contributed by atoms with E-state index >= 15 is 0 Å². The lowest BCUT2D eigenvalue weighted by Crippen LogP contribution is -2.22. The van der Waals surface area contributed by atoms with Gasteiger partial charge in [0.2, 0.25) is 6.29 Å². The van der Waals surface area contributed by atoms with Gasteiger partial charge in [-0.2, -0.15) is 8.42 Å². The number of aromatic hydroxyl groups is 1. The van der Waals surface area contributed by atoms with E-state index in [9.17, 15) is 18.3 Å². The summed E-state index contributed by atoms with van der Waals surface area (Å²) in [7, 11) is -0.808. The molecule has 0 radical (unpaired) electrons. The highest BCUT2D eigenvalue weighted by Gasteiger charge is 2.54. The predicted octanol–water partition coefficient (Wildman–Crippen LogP) is 0.892. The number of rotatable bonds is 7. The van der Waals surface area contributed by atoms with Crippen molar-refractivity contribution in [3.63, 3.8) is 0 Å². The molecule has 0 spiro atoms.